The summed E-state index contributed by atoms with van der Waals surface area (Å²) < 4.78 is 15.8. The van der Waals surface area contributed by atoms with Crippen molar-refractivity contribution in [2.75, 3.05) is 31.5 Å². The Kier molecular flexibility index (Phi) is 4.74. The van der Waals surface area contributed by atoms with Crippen LogP contribution in [0.3, 0.4) is 0 Å². The quantitative estimate of drug-likeness (QED) is 0.870. The lowest BCUT2D eigenvalue weighted by Gasteiger charge is -2.18. The van der Waals surface area contributed by atoms with Crippen LogP contribution in [0.15, 0.2) is 36.4 Å². The fraction of sp³-hybridized carbons (Fsp3) is 0.222. The second-order valence-electron chi connectivity index (χ2n) is 5.45. The summed E-state index contributed by atoms with van der Waals surface area (Å²) in [6.07, 6.45) is 0.155. The number of carbonyl (C=O) groups excluding carboxylic acids is 2. The van der Waals surface area contributed by atoms with Crippen molar-refractivity contribution in [3.05, 3.63) is 42.0 Å². The molecule has 0 spiro atoms. The Bertz CT molecular complexity index is 819. The molecule has 130 valence electrons. The van der Waals surface area contributed by atoms with Crippen LogP contribution in [0.1, 0.15) is 5.56 Å². The van der Waals surface area contributed by atoms with Gasteiger partial charge in [0.25, 0.3) is 5.91 Å². The number of carbonyl (C=O) groups is 2. The molecule has 0 fully saturated rings. The lowest BCUT2D eigenvalue weighted by atomic mass is 10.1. The summed E-state index contributed by atoms with van der Waals surface area (Å²) in [4.78, 5) is 23.6. The van der Waals surface area contributed by atoms with Crippen LogP contribution in [0.4, 0.5) is 11.4 Å². The molecule has 0 unspecified atom stereocenters. The fourth-order valence-corrected chi connectivity index (χ4v) is 2.53. The summed E-state index contributed by atoms with van der Waals surface area (Å²) in [7, 11) is 3.12. The number of benzene rings is 2. The van der Waals surface area contributed by atoms with E-state index >= 15 is 0 Å². The van der Waals surface area contributed by atoms with Crippen LogP contribution in [0.25, 0.3) is 0 Å². The highest BCUT2D eigenvalue weighted by atomic mass is 16.5. The molecule has 7 nitrogen and oxygen atoms in total. The van der Waals surface area contributed by atoms with Gasteiger partial charge in [0.2, 0.25) is 5.91 Å². The molecule has 1 aliphatic heterocycles. The third-order valence-corrected chi connectivity index (χ3v) is 3.74. The van der Waals surface area contributed by atoms with E-state index in [1.807, 2.05) is 0 Å². The smallest absolute Gasteiger partial charge is 0.262 e. The molecule has 0 bridgehead atoms. The lowest BCUT2D eigenvalue weighted by Crippen LogP contribution is -2.25. The van der Waals surface area contributed by atoms with Gasteiger partial charge in [0.15, 0.2) is 6.61 Å². The minimum Gasteiger partial charge on any atom is -0.497 e. The van der Waals surface area contributed by atoms with Gasteiger partial charge in [0.05, 0.1) is 26.3 Å². The zero-order valence-electron chi connectivity index (χ0n) is 13.9. The van der Waals surface area contributed by atoms with E-state index in [1.54, 1.807) is 50.6 Å². The first-order valence-electron chi connectivity index (χ1n) is 7.66. The number of anilines is 2. The Balaban J connectivity index is 1.70. The summed E-state index contributed by atoms with van der Waals surface area (Å²) in [5, 5.41) is 5.51. The monoisotopic (exact) mass is 342 g/mol. The molecular weight excluding hydrogens is 324 g/mol. The number of rotatable bonds is 5. The van der Waals surface area contributed by atoms with Gasteiger partial charge in [0, 0.05) is 23.4 Å². The van der Waals surface area contributed by atoms with Gasteiger partial charge >= 0.3 is 0 Å². The van der Waals surface area contributed by atoms with E-state index in [-0.39, 0.29) is 24.8 Å². The third-order valence-electron chi connectivity index (χ3n) is 3.74. The van der Waals surface area contributed by atoms with Crippen molar-refractivity contribution in [2.24, 2.45) is 0 Å². The minimum atomic E-state index is -0.198. The molecule has 3 rings (SSSR count). The van der Waals surface area contributed by atoms with Gasteiger partial charge in [-0.3, -0.25) is 9.59 Å². The average Bonchev–Trinajstić information content (AvgIpc) is 2.62. The standard InChI is InChI=1S/C18H18N2O5/c1-23-13-5-3-11(15(9-13)24-2)7-17(21)19-12-4-6-14-16(8-12)25-10-18(22)20-14/h3-6,8-9H,7,10H2,1-2H3,(H,19,21)(H,20,22). The molecule has 0 aliphatic carbocycles. The molecule has 0 atom stereocenters. The first-order chi connectivity index (χ1) is 12.1. The summed E-state index contributed by atoms with van der Waals surface area (Å²) in [5.74, 6) is 1.39. The fourth-order valence-electron chi connectivity index (χ4n) is 2.53. The Morgan fingerprint density at radius 2 is 2.04 bits per heavy atom. The van der Waals surface area contributed by atoms with Crippen LogP contribution in [0, 0.1) is 0 Å². The lowest BCUT2D eigenvalue weighted by molar-refractivity contribution is -0.118. The molecule has 7 heteroatoms. The van der Waals surface area contributed by atoms with Crippen molar-refractivity contribution >= 4 is 23.2 Å². The number of ether oxygens (including phenoxy) is 3. The number of hydrogen-bond acceptors (Lipinski definition) is 5. The molecule has 0 saturated carbocycles. The van der Waals surface area contributed by atoms with Gasteiger partial charge in [-0.2, -0.15) is 0 Å². The molecule has 0 aromatic heterocycles. The maximum absolute atomic E-state index is 12.3. The van der Waals surface area contributed by atoms with Crippen LogP contribution in [0.5, 0.6) is 17.2 Å². The highest BCUT2D eigenvalue weighted by Crippen LogP contribution is 2.31. The molecule has 2 N–H and O–H groups in total. The van der Waals surface area contributed by atoms with Crippen molar-refractivity contribution in [1.29, 1.82) is 0 Å². The van der Waals surface area contributed by atoms with E-state index < -0.39 is 0 Å². The Hall–Kier alpha value is -3.22. The van der Waals surface area contributed by atoms with E-state index in [9.17, 15) is 9.59 Å². The number of hydrogen-bond donors (Lipinski definition) is 2. The Labute approximate surface area is 144 Å². The SMILES string of the molecule is COc1ccc(CC(=O)Nc2ccc3c(c2)OCC(=O)N3)c(OC)c1. The molecular formula is C18H18N2O5. The van der Waals surface area contributed by atoms with E-state index in [0.29, 0.717) is 28.6 Å². The maximum atomic E-state index is 12.3. The second kappa shape index (κ2) is 7.12. The molecule has 25 heavy (non-hydrogen) atoms. The Morgan fingerprint density at radius 3 is 2.80 bits per heavy atom. The molecule has 0 saturated heterocycles. The van der Waals surface area contributed by atoms with E-state index in [4.69, 9.17) is 14.2 Å². The zero-order valence-corrected chi connectivity index (χ0v) is 13.9. The first-order valence-corrected chi connectivity index (χ1v) is 7.66. The van der Waals surface area contributed by atoms with Gasteiger partial charge in [-0.25, -0.2) is 0 Å². The normalized spacial score (nSPS) is 12.5. The van der Waals surface area contributed by atoms with Crippen LogP contribution in [-0.4, -0.2) is 32.6 Å². The molecule has 1 heterocycles. The van der Waals surface area contributed by atoms with Gasteiger partial charge in [-0.1, -0.05) is 6.07 Å². The highest BCUT2D eigenvalue weighted by molar-refractivity contribution is 5.97. The largest absolute Gasteiger partial charge is 0.497 e. The van der Waals surface area contributed by atoms with Crippen LogP contribution in [0.2, 0.25) is 0 Å². The van der Waals surface area contributed by atoms with E-state index in [1.165, 1.54) is 0 Å². The highest BCUT2D eigenvalue weighted by Gasteiger charge is 2.17. The van der Waals surface area contributed by atoms with Crippen molar-refractivity contribution < 1.29 is 23.8 Å². The average molecular weight is 342 g/mol. The van der Waals surface area contributed by atoms with Crippen LogP contribution < -0.4 is 24.8 Å². The van der Waals surface area contributed by atoms with Gasteiger partial charge in [-0.05, 0) is 18.2 Å². The summed E-state index contributed by atoms with van der Waals surface area (Å²) in [5.41, 5.74) is 1.93. The van der Waals surface area contributed by atoms with Crippen LogP contribution in [-0.2, 0) is 16.0 Å². The molecule has 0 radical (unpaired) electrons. The van der Waals surface area contributed by atoms with Crippen molar-refractivity contribution in [3.8, 4) is 17.2 Å². The topological polar surface area (TPSA) is 85.9 Å². The molecule has 1 aliphatic rings. The predicted molar refractivity (Wildman–Crippen MR) is 92.4 cm³/mol. The van der Waals surface area contributed by atoms with Crippen molar-refractivity contribution in [3.63, 3.8) is 0 Å². The van der Waals surface area contributed by atoms with Gasteiger partial charge in [0.1, 0.15) is 17.2 Å². The summed E-state index contributed by atoms with van der Waals surface area (Å²) >= 11 is 0. The number of amides is 2. The summed E-state index contributed by atoms with van der Waals surface area (Å²) in [6, 6.07) is 10.4. The first kappa shape index (κ1) is 16.6. The Morgan fingerprint density at radius 1 is 1.20 bits per heavy atom. The second-order valence-corrected chi connectivity index (χ2v) is 5.45. The minimum absolute atomic E-state index is 0.0343. The summed E-state index contributed by atoms with van der Waals surface area (Å²) in [6.45, 7) is -0.0343. The molecule has 2 aromatic rings. The van der Waals surface area contributed by atoms with Crippen LogP contribution >= 0.6 is 0 Å². The van der Waals surface area contributed by atoms with Gasteiger partial charge in [-0.15, -0.1) is 0 Å². The maximum Gasteiger partial charge on any atom is 0.262 e. The molecule has 2 aromatic carbocycles. The predicted octanol–water partition coefficient (Wildman–Crippen LogP) is 2.22. The van der Waals surface area contributed by atoms with E-state index in [0.717, 1.165) is 5.56 Å². The van der Waals surface area contributed by atoms with Crippen molar-refractivity contribution in [1.82, 2.24) is 0 Å². The third kappa shape index (κ3) is 3.82. The van der Waals surface area contributed by atoms with Crippen molar-refractivity contribution in [2.45, 2.75) is 6.42 Å². The van der Waals surface area contributed by atoms with E-state index in [2.05, 4.69) is 10.6 Å². The number of methoxy groups -OCH3 is 2. The molecule has 2 amide bonds. The zero-order chi connectivity index (χ0) is 17.8. The number of nitrogens with one attached hydrogen (secondary N) is 2. The van der Waals surface area contributed by atoms with Gasteiger partial charge < -0.3 is 24.8 Å². The number of fused-ring (bicyclic) bond motifs is 1.